The lowest BCUT2D eigenvalue weighted by atomic mass is 10.3. The molecule has 0 bridgehead atoms. The zero-order chi connectivity index (χ0) is 19.5. The first-order valence-corrected chi connectivity index (χ1v) is 11.9. The van der Waals surface area contributed by atoms with Gasteiger partial charge in [0.2, 0.25) is 0 Å². The zero-order valence-corrected chi connectivity index (χ0v) is 19.1. The van der Waals surface area contributed by atoms with Crippen molar-refractivity contribution in [3.63, 3.8) is 0 Å². The third kappa shape index (κ3) is 7.11. The fourth-order valence-corrected chi connectivity index (χ4v) is 5.44. The molecule has 0 N–H and O–H groups in total. The van der Waals surface area contributed by atoms with E-state index in [1.165, 1.54) is 0 Å². The first kappa shape index (κ1) is 22.2. The second-order valence-electron chi connectivity index (χ2n) is 5.74. The maximum atomic E-state index is 5.63. The van der Waals surface area contributed by atoms with Gasteiger partial charge in [0.05, 0.1) is 0 Å². The smallest absolute Gasteiger partial charge is 0.140 e. The molecule has 0 aromatic heterocycles. The van der Waals surface area contributed by atoms with Crippen LogP contribution in [0.1, 0.15) is 20.3 Å². The lowest BCUT2D eigenvalue weighted by molar-refractivity contribution is 1.08. The second-order valence-corrected chi connectivity index (χ2v) is 9.20. The predicted molar refractivity (Wildman–Crippen MR) is 134 cm³/mol. The van der Waals surface area contributed by atoms with E-state index in [0.717, 1.165) is 51.0 Å². The molecular formula is C21H26N2S4. The van der Waals surface area contributed by atoms with Crippen molar-refractivity contribution in [3.05, 3.63) is 60.7 Å². The van der Waals surface area contributed by atoms with Crippen LogP contribution in [0, 0.1) is 0 Å². The highest BCUT2D eigenvalue weighted by atomic mass is 32.2. The summed E-state index contributed by atoms with van der Waals surface area (Å²) in [4.78, 5) is 4.37. The molecule has 0 saturated heterocycles. The van der Waals surface area contributed by atoms with Crippen LogP contribution in [-0.2, 0) is 0 Å². The van der Waals surface area contributed by atoms with Gasteiger partial charge in [0.15, 0.2) is 0 Å². The van der Waals surface area contributed by atoms with E-state index in [0.29, 0.717) is 0 Å². The van der Waals surface area contributed by atoms with Crippen LogP contribution in [0.5, 0.6) is 0 Å². The van der Waals surface area contributed by atoms with Crippen LogP contribution >= 0.6 is 48.0 Å². The number of benzene rings is 2. The second kappa shape index (κ2) is 12.4. The Morgan fingerprint density at radius 3 is 1.41 bits per heavy atom. The Morgan fingerprint density at radius 2 is 1.07 bits per heavy atom. The number of nitrogens with zero attached hydrogens (tertiary/aromatic N) is 2. The van der Waals surface area contributed by atoms with Crippen molar-refractivity contribution in [1.82, 2.24) is 0 Å². The largest absolute Gasteiger partial charge is 0.328 e. The molecule has 0 amide bonds. The first-order chi connectivity index (χ1) is 13.2. The molecule has 0 aliphatic heterocycles. The van der Waals surface area contributed by atoms with Gasteiger partial charge in [0.1, 0.15) is 8.64 Å². The standard InChI is InChI=1S/C21H26N2S4/c1-3-22(18-12-7-5-8-13-18)20(24)26-16-11-17-27-21(25)23(4-2)19-14-9-6-10-15-19/h5-10,12-15H,3-4,11,16-17H2,1-2H3. The summed E-state index contributed by atoms with van der Waals surface area (Å²) in [6.45, 7) is 6.04. The molecule has 27 heavy (non-hydrogen) atoms. The van der Waals surface area contributed by atoms with E-state index in [9.17, 15) is 0 Å². The van der Waals surface area contributed by atoms with Gasteiger partial charge in [0.25, 0.3) is 0 Å². The van der Waals surface area contributed by atoms with Gasteiger partial charge in [-0.1, -0.05) is 84.4 Å². The molecule has 144 valence electrons. The number of hydrogen-bond acceptors (Lipinski definition) is 4. The molecular weight excluding hydrogens is 409 g/mol. The minimum absolute atomic E-state index is 0.886. The maximum absolute atomic E-state index is 5.63. The van der Waals surface area contributed by atoms with Crippen molar-refractivity contribution in [2.24, 2.45) is 0 Å². The molecule has 0 spiro atoms. The summed E-state index contributed by atoms with van der Waals surface area (Å²) in [6, 6.07) is 20.7. The molecule has 2 nitrogen and oxygen atoms in total. The van der Waals surface area contributed by atoms with Gasteiger partial charge in [-0.2, -0.15) is 0 Å². The SMILES string of the molecule is CCN(C(=S)SCCCSC(=S)N(CC)c1ccccc1)c1ccccc1. The van der Waals surface area contributed by atoms with E-state index in [1.54, 1.807) is 23.5 Å². The number of para-hydroxylation sites is 2. The molecule has 0 radical (unpaired) electrons. The molecule has 0 aliphatic rings. The Balaban J connectivity index is 1.73. The lowest BCUT2D eigenvalue weighted by Crippen LogP contribution is -2.27. The van der Waals surface area contributed by atoms with Crippen molar-refractivity contribution < 1.29 is 0 Å². The van der Waals surface area contributed by atoms with Crippen LogP contribution in [0.3, 0.4) is 0 Å². The van der Waals surface area contributed by atoms with E-state index in [2.05, 4.69) is 72.2 Å². The molecule has 6 heteroatoms. The number of anilines is 2. The fraction of sp³-hybridized carbons (Fsp3) is 0.333. The minimum atomic E-state index is 0.886. The quantitative estimate of drug-likeness (QED) is 0.345. The number of thiocarbonyl (C=S) groups is 2. The van der Waals surface area contributed by atoms with Crippen LogP contribution in [0.2, 0.25) is 0 Å². The summed E-state index contributed by atoms with van der Waals surface area (Å²) in [6.07, 6.45) is 1.08. The Morgan fingerprint density at radius 1 is 0.704 bits per heavy atom. The third-order valence-corrected chi connectivity index (χ3v) is 7.02. The zero-order valence-electron chi connectivity index (χ0n) is 15.8. The summed E-state index contributed by atoms with van der Waals surface area (Å²) in [5, 5.41) is 0. The minimum Gasteiger partial charge on any atom is -0.328 e. The summed E-state index contributed by atoms with van der Waals surface area (Å²) in [5.41, 5.74) is 2.32. The summed E-state index contributed by atoms with van der Waals surface area (Å²) >= 11 is 14.8. The Kier molecular flexibility index (Phi) is 10.2. The lowest BCUT2D eigenvalue weighted by Gasteiger charge is -2.24. The van der Waals surface area contributed by atoms with Crippen LogP contribution in [-0.4, -0.2) is 33.2 Å². The van der Waals surface area contributed by atoms with Gasteiger partial charge >= 0.3 is 0 Å². The van der Waals surface area contributed by atoms with Gasteiger partial charge in [-0.05, 0) is 44.5 Å². The van der Waals surface area contributed by atoms with Gasteiger partial charge < -0.3 is 9.80 Å². The van der Waals surface area contributed by atoms with Crippen LogP contribution < -0.4 is 9.80 Å². The molecule has 0 fully saturated rings. The normalized spacial score (nSPS) is 10.4. The molecule has 2 aromatic carbocycles. The fourth-order valence-electron chi connectivity index (χ4n) is 2.58. The third-order valence-electron chi connectivity index (χ3n) is 3.95. The van der Waals surface area contributed by atoms with E-state index >= 15 is 0 Å². The topological polar surface area (TPSA) is 6.48 Å². The maximum Gasteiger partial charge on any atom is 0.140 e. The van der Waals surface area contributed by atoms with Crippen LogP contribution in [0.25, 0.3) is 0 Å². The van der Waals surface area contributed by atoms with Gasteiger partial charge in [-0.15, -0.1) is 0 Å². The van der Waals surface area contributed by atoms with E-state index in [4.69, 9.17) is 24.4 Å². The number of rotatable bonds is 8. The Hall–Kier alpha value is -1.08. The van der Waals surface area contributed by atoms with E-state index < -0.39 is 0 Å². The van der Waals surface area contributed by atoms with Crippen LogP contribution in [0.4, 0.5) is 11.4 Å². The molecule has 2 rings (SSSR count). The van der Waals surface area contributed by atoms with Gasteiger partial charge in [0, 0.05) is 36.0 Å². The van der Waals surface area contributed by atoms with Crippen molar-refractivity contribution in [1.29, 1.82) is 0 Å². The molecule has 0 atom stereocenters. The number of thioether (sulfide) groups is 2. The molecule has 0 unspecified atom stereocenters. The van der Waals surface area contributed by atoms with Crippen molar-refractivity contribution in [2.45, 2.75) is 20.3 Å². The average Bonchev–Trinajstić information content (AvgIpc) is 2.70. The van der Waals surface area contributed by atoms with Crippen molar-refractivity contribution in [2.75, 3.05) is 34.4 Å². The summed E-state index contributed by atoms with van der Waals surface area (Å²) in [5.74, 6) is 2.02. The first-order valence-electron chi connectivity index (χ1n) is 9.16. The Bertz CT molecular complexity index is 645. The summed E-state index contributed by atoms with van der Waals surface area (Å²) in [7, 11) is 0. The van der Waals surface area contributed by atoms with Crippen molar-refractivity contribution in [3.8, 4) is 0 Å². The molecule has 0 aliphatic carbocycles. The van der Waals surface area contributed by atoms with E-state index in [1.807, 2.05) is 12.1 Å². The van der Waals surface area contributed by atoms with Gasteiger partial charge in [-0.3, -0.25) is 0 Å². The molecule has 0 saturated carbocycles. The van der Waals surface area contributed by atoms with Crippen molar-refractivity contribution >= 4 is 68.0 Å². The highest BCUT2D eigenvalue weighted by Gasteiger charge is 2.12. The van der Waals surface area contributed by atoms with Crippen LogP contribution in [0.15, 0.2) is 60.7 Å². The summed E-state index contributed by atoms with van der Waals surface area (Å²) < 4.78 is 1.88. The average molecular weight is 435 g/mol. The highest BCUT2D eigenvalue weighted by molar-refractivity contribution is 8.24. The molecule has 0 heterocycles. The van der Waals surface area contributed by atoms with Gasteiger partial charge in [-0.25, -0.2) is 0 Å². The molecule has 2 aromatic rings. The van der Waals surface area contributed by atoms with E-state index in [-0.39, 0.29) is 0 Å². The number of hydrogen-bond donors (Lipinski definition) is 0. The Labute approximate surface area is 182 Å². The monoisotopic (exact) mass is 434 g/mol. The predicted octanol–water partition coefficient (Wildman–Crippen LogP) is 6.47. The highest BCUT2D eigenvalue weighted by Crippen LogP contribution is 2.22.